The first-order chi connectivity index (χ1) is 13.5. The lowest BCUT2D eigenvalue weighted by atomic mass is 9.93. The van der Waals surface area contributed by atoms with Crippen molar-refractivity contribution in [2.45, 2.75) is 26.2 Å². The van der Waals surface area contributed by atoms with E-state index < -0.39 is 0 Å². The number of hydrogen-bond acceptors (Lipinski definition) is 2. The van der Waals surface area contributed by atoms with Gasteiger partial charge in [0.15, 0.2) is 0 Å². The summed E-state index contributed by atoms with van der Waals surface area (Å²) in [7, 11) is 0. The van der Waals surface area contributed by atoms with Crippen molar-refractivity contribution in [2.75, 3.05) is 25.0 Å². The fraction of sp³-hybridized carbons (Fsp3) is 0.364. The number of aryl methyl sites for hydroxylation is 1. The van der Waals surface area contributed by atoms with Crippen molar-refractivity contribution in [2.24, 2.45) is 5.92 Å². The molecule has 6 heteroatoms. The highest BCUT2D eigenvalue weighted by Gasteiger charge is 2.22. The van der Waals surface area contributed by atoms with Gasteiger partial charge in [-0.05, 0) is 62.4 Å². The number of nitrogens with zero attached hydrogens (tertiary/aromatic N) is 1. The number of piperidine rings is 1. The number of likely N-dealkylation sites (tertiary alicyclic amines) is 1. The van der Waals surface area contributed by atoms with Crippen molar-refractivity contribution in [3.8, 4) is 0 Å². The first-order valence-electron chi connectivity index (χ1n) is 9.67. The number of carbonyl (C=O) groups excluding carboxylic acids is 2. The molecule has 0 unspecified atom stereocenters. The van der Waals surface area contributed by atoms with Crippen LogP contribution in [-0.2, 0) is 0 Å². The van der Waals surface area contributed by atoms with Gasteiger partial charge in [0.05, 0.1) is 0 Å². The lowest BCUT2D eigenvalue weighted by Crippen LogP contribution is -2.41. The average Bonchev–Trinajstić information content (AvgIpc) is 2.68. The molecule has 3 rings (SSSR count). The molecule has 1 fully saturated rings. The summed E-state index contributed by atoms with van der Waals surface area (Å²) in [6.07, 6.45) is 2.70. The van der Waals surface area contributed by atoms with Crippen molar-refractivity contribution >= 4 is 17.6 Å². The Bertz CT molecular complexity index is 832. The van der Waals surface area contributed by atoms with E-state index in [1.54, 1.807) is 17.0 Å². The lowest BCUT2D eigenvalue weighted by molar-refractivity contribution is 0.0949. The molecular weight excluding hydrogens is 357 g/mol. The summed E-state index contributed by atoms with van der Waals surface area (Å²) in [5.41, 5.74) is 2.21. The van der Waals surface area contributed by atoms with Gasteiger partial charge in [-0.2, -0.15) is 0 Å². The zero-order valence-corrected chi connectivity index (χ0v) is 16.1. The Hall–Kier alpha value is -2.89. The largest absolute Gasteiger partial charge is 0.352 e. The number of carbonyl (C=O) groups is 2. The van der Waals surface area contributed by atoms with Crippen LogP contribution in [-0.4, -0.2) is 36.5 Å². The van der Waals surface area contributed by atoms with Crippen LogP contribution in [0.2, 0.25) is 0 Å². The molecule has 2 N–H and O–H groups in total. The minimum absolute atomic E-state index is 0.0457. The molecule has 0 aliphatic carbocycles. The van der Waals surface area contributed by atoms with Crippen LogP contribution in [0.4, 0.5) is 14.9 Å². The van der Waals surface area contributed by atoms with Crippen molar-refractivity contribution in [3.63, 3.8) is 0 Å². The number of nitrogens with one attached hydrogen (secondary N) is 2. The van der Waals surface area contributed by atoms with Crippen LogP contribution >= 0.6 is 0 Å². The third kappa shape index (κ3) is 5.55. The second-order valence-electron chi connectivity index (χ2n) is 7.28. The molecule has 0 atom stereocenters. The molecule has 5 nitrogen and oxygen atoms in total. The highest BCUT2D eigenvalue weighted by molar-refractivity contribution is 5.94. The van der Waals surface area contributed by atoms with Crippen LogP contribution in [0, 0.1) is 18.7 Å². The Morgan fingerprint density at radius 2 is 1.86 bits per heavy atom. The topological polar surface area (TPSA) is 61.4 Å². The van der Waals surface area contributed by atoms with E-state index in [1.165, 1.54) is 12.1 Å². The first-order valence-corrected chi connectivity index (χ1v) is 9.67. The maximum atomic E-state index is 13.2. The SMILES string of the molecule is Cc1cccc(C(=O)NCCC2CCN(C(=O)Nc3cccc(F)c3)CC2)c1. The minimum atomic E-state index is -0.371. The number of benzene rings is 2. The van der Waals surface area contributed by atoms with Gasteiger partial charge in [0.25, 0.3) is 5.91 Å². The molecule has 0 spiro atoms. The van der Waals surface area contributed by atoms with E-state index in [2.05, 4.69) is 10.6 Å². The summed E-state index contributed by atoms with van der Waals surface area (Å²) >= 11 is 0. The highest BCUT2D eigenvalue weighted by atomic mass is 19.1. The van der Waals surface area contributed by atoms with Crippen LogP contribution in [0.3, 0.4) is 0 Å². The van der Waals surface area contributed by atoms with Crippen molar-refractivity contribution in [3.05, 3.63) is 65.5 Å². The lowest BCUT2D eigenvalue weighted by Gasteiger charge is -2.32. The average molecular weight is 383 g/mol. The standard InChI is InChI=1S/C22H26FN3O2/c1-16-4-2-5-18(14-16)21(27)24-11-8-17-9-12-26(13-10-17)22(28)25-20-7-3-6-19(23)15-20/h2-7,14-15,17H,8-13H2,1H3,(H,24,27)(H,25,28). The monoisotopic (exact) mass is 383 g/mol. The summed E-state index contributed by atoms with van der Waals surface area (Å²) in [5.74, 6) is 0.0656. The Kier molecular flexibility index (Phi) is 6.63. The number of amides is 3. The van der Waals surface area contributed by atoms with Gasteiger partial charge < -0.3 is 15.5 Å². The van der Waals surface area contributed by atoms with E-state index in [1.807, 2.05) is 31.2 Å². The molecule has 1 aliphatic rings. The molecule has 0 radical (unpaired) electrons. The van der Waals surface area contributed by atoms with Crippen LogP contribution < -0.4 is 10.6 Å². The van der Waals surface area contributed by atoms with E-state index in [-0.39, 0.29) is 17.8 Å². The summed E-state index contributed by atoms with van der Waals surface area (Å²) in [6, 6.07) is 13.2. The van der Waals surface area contributed by atoms with Crippen LogP contribution in [0.25, 0.3) is 0 Å². The summed E-state index contributed by atoms with van der Waals surface area (Å²) in [6.45, 7) is 3.93. The predicted molar refractivity (Wildman–Crippen MR) is 108 cm³/mol. The molecule has 3 amide bonds. The number of anilines is 1. The van der Waals surface area contributed by atoms with Crippen molar-refractivity contribution in [1.29, 1.82) is 0 Å². The number of hydrogen-bond donors (Lipinski definition) is 2. The summed E-state index contributed by atoms with van der Waals surface area (Å²) in [4.78, 5) is 26.2. The second kappa shape index (κ2) is 9.35. The molecule has 1 aliphatic heterocycles. The molecule has 0 aromatic heterocycles. The van der Waals surface area contributed by atoms with E-state index in [9.17, 15) is 14.0 Å². The van der Waals surface area contributed by atoms with E-state index >= 15 is 0 Å². The predicted octanol–water partition coefficient (Wildman–Crippen LogP) is 4.20. The molecule has 0 saturated carbocycles. The van der Waals surface area contributed by atoms with Crippen LogP contribution in [0.15, 0.2) is 48.5 Å². The Morgan fingerprint density at radius 3 is 2.57 bits per heavy atom. The smallest absolute Gasteiger partial charge is 0.321 e. The number of rotatable bonds is 5. The zero-order valence-electron chi connectivity index (χ0n) is 16.1. The summed E-state index contributed by atoms with van der Waals surface area (Å²) < 4.78 is 13.2. The Labute approximate surface area is 164 Å². The van der Waals surface area contributed by atoms with Gasteiger partial charge in [-0.15, -0.1) is 0 Å². The Morgan fingerprint density at radius 1 is 1.11 bits per heavy atom. The molecule has 148 valence electrons. The highest BCUT2D eigenvalue weighted by Crippen LogP contribution is 2.21. The fourth-order valence-corrected chi connectivity index (χ4v) is 3.47. The number of urea groups is 1. The van der Waals surface area contributed by atoms with Gasteiger partial charge in [0, 0.05) is 30.9 Å². The quantitative estimate of drug-likeness (QED) is 0.813. The molecular formula is C22H26FN3O2. The molecule has 1 heterocycles. The van der Waals surface area contributed by atoms with Crippen molar-refractivity contribution in [1.82, 2.24) is 10.2 Å². The molecule has 28 heavy (non-hydrogen) atoms. The second-order valence-corrected chi connectivity index (χ2v) is 7.28. The maximum absolute atomic E-state index is 13.2. The van der Waals surface area contributed by atoms with Gasteiger partial charge in [-0.1, -0.05) is 23.8 Å². The van der Waals surface area contributed by atoms with E-state index in [0.717, 1.165) is 24.8 Å². The van der Waals surface area contributed by atoms with Crippen LogP contribution in [0.5, 0.6) is 0 Å². The fourth-order valence-electron chi connectivity index (χ4n) is 3.47. The van der Waals surface area contributed by atoms with Gasteiger partial charge >= 0.3 is 6.03 Å². The third-order valence-electron chi connectivity index (χ3n) is 5.10. The van der Waals surface area contributed by atoms with Crippen molar-refractivity contribution < 1.29 is 14.0 Å². The van der Waals surface area contributed by atoms with Gasteiger partial charge in [0.2, 0.25) is 0 Å². The molecule has 2 aromatic rings. The van der Waals surface area contributed by atoms with Gasteiger partial charge in [-0.3, -0.25) is 4.79 Å². The van der Waals surface area contributed by atoms with Gasteiger partial charge in [-0.25, -0.2) is 9.18 Å². The first kappa shape index (κ1) is 19.9. The molecule has 1 saturated heterocycles. The summed E-state index contributed by atoms with van der Waals surface area (Å²) in [5, 5.41) is 5.72. The molecule has 0 bridgehead atoms. The normalized spacial score (nSPS) is 14.6. The van der Waals surface area contributed by atoms with Gasteiger partial charge in [0.1, 0.15) is 5.82 Å². The Balaban J connectivity index is 1.38. The third-order valence-corrected chi connectivity index (χ3v) is 5.10. The van der Waals surface area contributed by atoms with Crippen LogP contribution in [0.1, 0.15) is 35.2 Å². The maximum Gasteiger partial charge on any atom is 0.321 e. The zero-order chi connectivity index (χ0) is 19.9. The number of halogens is 1. The van der Waals surface area contributed by atoms with E-state index in [0.29, 0.717) is 36.8 Å². The van der Waals surface area contributed by atoms with E-state index in [4.69, 9.17) is 0 Å². The minimum Gasteiger partial charge on any atom is -0.352 e. The molecule has 2 aromatic carbocycles.